The molecule has 13 heavy (non-hydrogen) atoms. The predicted octanol–water partition coefficient (Wildman–Crippen LogP) is 0.110. The molecule has 1 N–H and O–H groups in total. The van der Waals surface area contributed by atoms with Gasteiger partial charge in [0.2, 0.25) is 10.0 Å². The van der Waals surface area contributed by atoms with Crippen LogP contribution in [0, 0.1) is 0 Å². The van der Waals surface area contributed by atoms with Crippen LogP contribution in [0.25, 0.3) is 0 Å². The minimum absolute atomic E-state index is 0.473. The van der Waals surface area contributed by atoms with Crippen molar-refractivity contribution in [2.24, 2.45) is 0 Å². The van der Waals surface area contributed by atoms with Crippen molar-refractivity contribution in [2.45, 2.75) is 19.3 Å². The van der Waals surface area contributed by atoms with Crippen molar-refractivity contribution < 1.29 is 17.9 Å². The molecule has 0 aromatic carbocycles. The molecular formula is C6H14ClNO4S. The van der Waals surface area contributed by atoms with E-state index >= 15 is 0 Å². The van der Waals surface area contributed by atoms with Crippen molar-refractivity contribution in [3.63, 3.8) is 0 Å². The van der Waals surface area contributed by atoms with Gasteiger partial charge < -0.3 is 9.47 Å². The summed E-state index contributed by atoms with van der Waals surface area (Å²) in [6.07, 6.45) is -0.613. The van der Waals surface area contributed by atoms with E-state index in [2.05, 4.69) is 4.72 Å². The molecule has 0 bridgehead atoms. The minimum atomic E-state index is -3.43. The van der Waals surface area contributed by atoms with Gasteiger partial charge in [-0.2, -0.15) is 0 Å². The van der Waals surface area contributed by atoms with Crippen molar-refractivity contribution in [1.82, 2.24) is 4.72 Å². The maximum absolute atomic E-state index is 11.0. The second-order valence-electron chi connectivity index (χ2n) is 2.47. The van der Waals surface area contributed by atoms with Crippen LogP contribution in [-0.2, 0) is 19.5 Å². The van der Waals surface area contributed by atoms with Gasteiger partial charge in [0.1, 0.15) is 5.21 Å². The van der Waals surface area contributed by atoms with E-state index in [1.165, 1.54) is 14.2 Å². The summed E-state index contributed by atoms with van der Waals surface area (Å²) in [4.78, 5) is 0. The van der Waals surface area contributed by atoms with Crippen LogP contribution in [-0.4, -0.2) is 40.2 Å². The number of ether oxygens (including phenoxy) is 2. The summed E-state index contributed by atoms with van der Waals surface area (Å²) in [5.74, 6) is 0. The first-order chi connectivity index (χ1) is 5.96. The molecule has 0 amide bonds. The van der Waals surface area contributed by atoms with Crippen LogP contribution in [0.15, 0.2) is 0 Å². The van der Waals surface area contributed by atoms with Crippen LogP contribution in [0.2, 0.25) is 0 Å². The largest absolute Gasteiger partial charge is 0.354 e. The zero-order valence-corrected chi connectivity index (χ0v) is 9.35. The Labute approximate surface area is 83.4 Å². The number of hydrogen-bond acceptors (Lipinski definition) is 4. The van der Waals surface area contributed by atoms with Gasteiger partial charge in [0.25, 0.3) is 0 Å². The van der Waals surface area contributed by atoms with E-state index in [1.807, 2.05) is 0 Å². The van der Waals surface area contributed by atoms with Gasteiger partial charge in [0.15, 0.2) is 6.29 Å². The summed E-state index contributed by atoms with van der Waals surface area (Å²) < 4.78 is 34.0. The van der Waals surface area contributed by atoms with Crippen LogP contribution >= 0.6 is 11.6 Å². The fourth-order valence-corrected chi connectivity index (χ4v) is 1.80. The maximum atomic E-state index is 11.0. The molecule has 0 fully saturated rings. The van der Waals surface area contributed by atoms with Crippen LogP contribution in [0.5, 0.6) is 0 Å². The molecule has 5 nitrogen and oxygen atoms in total. The highest BCUT2D eigenvalue weighted by atomic mass is 35.5. The third kappa shape index (κ3) is 4.78. The molecule has 0 aliphatic carbocycles. The number of nitrogens with one attached hydrogen (secondary N) is 1. The SMILES string of the molecule is COC(OC)C(C)NS(=O)(=O)CCl. The first kappa shape index (κ1) is 13.1. The standard InChI is InChI=1S/C6H14ClNO4S/c1-5(6(11-2)12-3)8-13(9,10)4-7/h5-6,8H,4H2,1-3H3. The molecule has 0 aromatic rings. The van der Waals surface area contributed by atoms with Gasteiger partial charge in [0.05, 0.1) is 6.04 Å². The molecule has 0 aromatic heterocycles. The molecule has 0 spiro atoms. The molecule has 0 saturated heterocycles. The van der Waals surface area contributed by atoms with Crippen LogP contribution in [0.1, 0.15) is 6.92 Å². The van der Waals surface area contributed by atoms with E-state index in [4.69, 9.17) is 21.1 Å². The summed E-state index contributed by atoms with van der Waals surface area (Å²) in [5.41, 5.74) is 0. The van der Waals surface area contributed by atoms with Gasteiger partial charge in [-0.15, -0.1) is 11.6 Å². The van der Waals surface area contributed by atoms with E-state index in [9.17, 15) is 8.42 Å². The zero-order chi connectivity index (χ0) is 10.5. The Hall–Kier alpha value is 0.120. The molecule has 0 aliphatic rings. The fraction of sp³-hybridized carbons (Fsp3) is 1.00. The molecule has 0 rings (SSSR count). The van der Waals surface area contributed by atoms with Crippen LogP contribution in [0.3, 0.4) is 0 Å². The summed E-state index contributed by atoms with van der Waals surface area (Å²) in [6, 6.07) is -0.473. The normalized spacial score (nSPS) is 14.8. The van der Waals surface area contributed by atoms with Gasteiger partial charge in [-0.25, -0.2) is 13.1 Å². The molecule has 1 atom stereocenters. The quantitative estimate of drug-likeness (QED) is 0.521. The predicted molar refractivity (Wildman–Crippen MR) is 50.0 cm³/mol. The van der Waals surface area contributed by atoms with Gasteiger partial charge in [-0.3, -0.25) is 0 Å². The number of sulfonamides is 1. The lowest BCUT2D eigenvalue weighted by Gasteiger charge is -2.21. The van der Waals surface area contributed by atoms with E-state index in [-0.39, 0.29) is 0 Å². The van der Waals surface area contributed by atoms with Crippen molar-refractivity contribution in [3.8, 4) is 0 Å². The van der Waals surface area contributed by atoms with E-state index < -0.39 is 27.6 Å². The average molecular weight is 232 g/mol. The Kier molecular flexibility index (Phi) is 5.82. The van der Waals surface area contributed by atoms with Crippen molar-refractivity contribution in [3.05, 3.63) is 0 Å². The van der Waals surface area contributed by atoms with Gasteiger partial charge in [-0.05, 0) is 6.92 Å². The lowest BCUT2D eigenvalue weighted by atomic mass is 10.3. The third-order valence-corrected chi connectivity index (χ3v) is 3.26. The highest BCUT2D eigenvalue weighted by molar-refractivity contribution is 7.90. The molecule has 0 saturated carbocycles. The molecule has 0 aliphatic heterocycles. The topological polar surface area (TPSA) is 64.6 Å². The van der Waals surface area contributed by atoms with E-state index in [1.54, 1.807) is 6.92 Å². The molecule has 1 unspecified atom stereocenters. The number of alkyl halides is 1. The first-order valence-corrected chi connectivity index (χ1v) is 5.77. The van der Waals surface area contributed by atoms with Crippen molar-refractivity contribution >= 4 is 21.6 Å². The molecular weight excluding hydrogens is 218 g/mol. The smallest absolute Gasteiger partial charge is 0.226 e. The third-order valence-electron chi connectivity index (χ3n) is 1.38. The number of hydrogen-bond donors (Lipinski definition) is 1. The second-order valence-corrected chi connectivity index (χ2v) is 4.81. The Morgan fingerprint density at radius 3 is 2.15 bits per heavy atom. The first-order valence-electron chi connectivity index (χ1n) is 3.58. The molecule has 0 radical (unpaired) electrons. The van der Waals surface area contributed by atoms with Crippen LogP contribution in [0.4, 0.5) is 0 Å². The Morgan fingerprint density at radius 2 is 1.85 bits per heavy atom. The number of methoxy groups -OCH3 is 2. The minimum Gasteiger partial charge on any atom is -0.354 e. The fourth-order valence-electron chi connectivity index (χ4n) is 0.875. The highest BCUT2D eigenvalue weighted by Gasteiger charge is 2.20. The second kappa shape index (κ2) is 5.77. The Bertz CT molecular complexity index is 227. The van der Waals surface area contributed by atoms with Gasteiger partial charge >= 0.3 is 0 Å². The maximum Gasteiger partial charge on any atom is 0.226 e. The zero-order valence-electron chi connectivity index (χ0n) is 7.78. The summed E-state index contributed by atoms with van der Waals surface area (Å²) in [5, 5.41) is -0.475. The highest BCUT2D eigenvalue weighted by Crippen LogP contribution is 2.01. The average Bonchev–Trinajstić information content (AvgIpc) is 2.06. The summed E-state index contributed by atoms with van der Waals surface area (Å²) >= 11 is 5.20. The Morgan fingerprint density at radius 1 is 1.38 bits per heavy atom. The monoisotopic (exact) mass is 231 g/mol. The van der Waals surface area contributed by atoms with E-state index in [0.29, 0.717) is 0 Å². The number of halogens is 1. The molecule has 80 valence electrons. The molecule has 0 heterocycles. The van der Waals surface area contributed by atoms with Gasteiger partial charge in [-0.1, -0.05) is 0 Å². The van der Waals surface area contributed by atoms with Crippen LogP contribution < -0.4 is 4.72 Å². The van der Waals surface area contributed by atoms with Gasteiger partial charge in [0, 0.05) is 14.2 Å². The van der Waals surface area contributed by atoms with Crippen molar-refractivity contribution in [2.75, 3.05) is 19.4 Å². The van der Waals surface area contributed by atoms with E-state index in [0.717, 1.165) is 0 Å². The number of rotatable bonds is 6. The summed E-state index contributed by atoms with van der Waals surface area (Å²) in [6.45, 7) is 1.63. The lowest BCUT2D eigenvalue weighted by molar-refractivity contribution is -0.115. The molecule has 7 heteroatoms. The lowest BCUT2D eigenvalue weighted by Crippen LogP contribution is -2.43. The Balaban J connectivity index is 4.21. The van der Waals surface area contributed by atoms with Crippen molar-refractivity contribution in [1.29, 1.82) is 0 Å². The summed E-state index contributed by atoms with van der Waals surface area (Å²) in [7, 11) is -0.568.